The molecule has 0 radical (unpaired) electrons. The van der Waals surface area contributed by atoms with E-state index in [4.69, 9.17) is 11.6 Å². The Kier molecular flexibility index (Phi) is 3.41. The molecule has 0 spiro atoms. The van der Waals surface area contributed by atoms with Crippen molar-refractivity contribution < 1.29 is 0 Å². The van der Waals surface area contributed by atoms with Gasteiger partial charge in [-0.1, -0.05) is 11.6 Å². The molecule has 5 heteroatoms. The number of piperazine rings is 3. The van der Waals surface area contributed by atoms with Crippen LogP contribution in [0.25, 0.3) is 0 Å². The Hall–Kier alpha value is -0.130. The highest BCUT2D eigenvalue weighted by Crippen LogP contribution is 2.32. The van der Waals surface area contributed by atoms with Crippen molar-refractivity contribution in [3.05, 3.63) is 21.3 Å². The summed E-state index contributed by atoms with van der Waals surface area (Å²) in [5.41, 5.74) is 0. The smallest absolute Gasteiger partial charge is 0.0931 e. The van der Waals surface area contributed by atoms with Crippen LogP contribution in [-0.2, 0) is 0 Å². The van der Waals surface area contributed by atoms with E-state index in [9.17, 15) is 0 Å². The van der Waals surface area contributed by atoms with Crippen LogP contribution in [0.4, 0.5) is 0 Å². The number of nitrogens with zero attached hydrogens (tertiary/aromatic N) is 2. The summed E-state index contributed by atoms with van der Waals surface area (Å²) in [5.74, 6) is 0. The Balaban J connectivity index is 1.81. The number of hydrogen-bond donors (Lipinski definition) is 1. The highest BCUT2D eigenvalue weighted by atomic mass is 35.5. The maximum Gasteiger partial charge on any atom is 0.0931 e. The number of fused-ring (bicyclic) bond motifs is 3. The van der Waals surface area contributed by atoms with Gasteiger partial charge in [0.1, 0.15) is 0 Å². The molecule has 2 bridgehead atoms. The quantitative estimate of drug-likeness (QED) is 0.902. The van der Waals surface area contributed by atoms with Crippen LogP contribution >= 0.6 is 22.9 Å². The fourth-order valence-electron chi connectivity index (χ4n) is 2.99. The fraction of sp³-hybridized carbons (Fsp3) is 0.667. The number of hydrogen-bond acceptors (Lipinski definition) is 4. The molecule has 0 aliphatic carbocycles. The summed E-state index contributed by atoms with van der Waals surface area (Å²) in [5, 5.41) is 3.47. The Bertz CT molecular complexity index is 387. The van der Waals surface area contributed by atoms with E-state index in [2.05, 4.69) is 28.2 Å². The molecular weight excluding hydrogens is 254 g/mol. The third kappa shape index (κ3) is 2.25. The summed E-state index contributed by atoms with van der Waals surface area (Å²) in [6.45, 7) is 6.07. The fourth-order valence-corrected chi connectivity index (χ4v) is 4.22. The van der Waals surface area contributed by atoms with Crippen LogP contribution in [0.3, 0.4) is 0 Å². The van der Waals surface area contributed by atoms with Gasteiger partial charge in [0, 0.05) is 43.6 Å². The molecule has 17 heavy (non-hydrogen) atoms. The maximum atomic E-state index is 6.05. The Morgan fingerprint density at radius 2 is 2.12 bits per heavy atom. The lowest BCUT2D eigenvalue weighted by atomic mass is 9.99. The average molecular weight is 272 g/mol. The van der Waals surface area contributed by atoms with Gasteiger partial charge in [-0.3, -0.25) is 9.80 Å². The van der Waals surface area contributed by atoms with Crippen LogP contribution in [0, 0.1) is 0 Å². The summed E-state index contributed by atoms with van der Waals surface area (Å²) in [4.78, 5) is 6.55. The molecule has 3 saturated heterocycles. The first kappa shape index (κ1) is 11.9. The zero-order valence-electron chi connectivity index (χ0n) is 10.0. The highest BCUT2D eigenvalue weighted by Gasteiger charge is 2.37. The molecule has 3 aliphatic rings. The molecular formula is C12H18ClN3S. The van der Waals surface area contributed by atoms with Gasteiger partial charge in [-0.05, 0) is 19.2 Å². The molecule has 4 heterocycles. The average Bonchev–Trinajstić information content (AvgIpc) is 2.78. The second-order valence-electron chi connectivity index (χ2n) is 4.81. The lowest BCUT2D eigenvalue weighted by Gasteiger charge is -2.50. The summed E-state index contributed by atoms with van der Waals surface area (Å²) < 4.78 is 0.886. The van der Waals surface area contributed by atoms with Gasteiger partial charge in [0.15, 0.2) is 0 Å². The Morgan fingerprint density at radius 3 is 2.59 bits per heavy atom. The van der Waals surface area contributed by atoms with Crippen LogP contribution in [0.5, 0.6) is 0 Å². The van der Waals surface area contributed by atoms with E-state index in [1.165, 1.54) is 37.6 Å². The highest BCUT2D eigenvalue weighted by molar-refractivity contribution is 7.16. The molecule has 0 amide bonds. The van der Waals surface area contributed by atoms with E-state index < -0.39 is 0 Å². The van der Waals surface area contributed by atoms with E-state index in [1.54, 1.807) is 11.3 Å². The molecule has 1 aromatic rings. The zero-order valence-corrected chi connectivity index (χ0v) is 11.6. The molecule has 1 N–H and O–H groups in total. The van der Waals surface area contributed by atoms with Gasteiger partial charge in [0.25, 0.3) is 0 Å². The summed E-state index contributed by atoms with van der Waals surface area (Å²) in [6, 6.07) is 5.17. The van der Waals surface area contributed by atoms with Gasteiger partial charge in [-0.25, -0.2) is 0 Å². The first-order chi connectivity index (χ1) is 8.28. The Labute approximate surface area is 111 Å². The van der Waals surface area contributed by atoms with Crippen molar-refractivity contribution in [3.63, 3.8) is 0 Å². The van der Waals surface area contributed by atoms with Gasteiger partial charge in [-0.2, -0.15) is 0 Å². The summed E-state index contributed by atoms with van der Waals surface area (Å²) in [6.07, 6.45) is 0. The SMILES string of the molecule is CNC(c1ccc(Cl)s1)C1CN2CCN1CC2. The van der Waals surface area contributed by atoms with Crippen molar-refractivity contribution in [2.45, 2.75) is 12.1 Å². The lowest BCUT2D eigenvalue weighted by Crippen LogP contribution is -2.63. The van der Waals surface area contributed by atoms with Crippen molar-refractivity contribution in [2.24, 2.45) is 0 Å². The molecule has 4 rings (SSSR count). The van der Waals surface area contributed by atoms with Crippen LogP contribution in [0.2, 0.25) is 4.34 Å². The van der Waals surface area contributed by atoms with Crippen molar-refractivity contribution in [1.82, 2.24) is 15.1 Å². The number of nitrogens with one attached hydrogen (secondary N) is 1. The standard InChI is InChI=1S/C12H18ClN3S/c1-14-12(10-2-3-11(13)17-10)9-8-15-4-6-16(9)7-5-15/h2-3,9,12,14H,4-8H2,1H3. The third-order valence-corrected chi connectivity index (χ3v) is 5.23. The topological polar surface area (TPSA) is 18.5 Å². The first-order valence-electron chi connectivity index (χ1n) is 6.17. The number of likely N-dealkylation sites (N-methyl/N-ethyl adjacent to an activating group) is 1. The number of halogens is 1. The van der Waals surface area contributed by atoms with Gasteiger partial charge in [0.2, 0.25) is 0 Å². The molecule has 3 aliphatic heterocycles. The van der Waals surface area contributed by atoms with Gasteiger partial charge < -0.3 is 5.32 Å². The predicted molar refractivity (Wildman–Crippen MR) is 72.9 cm³/mol. The van der Waals surface area contributed by atoms with E-state index in [0.717, 1.165) is 4.34 Å². The largest absolute Gasteiger partial charge is 0.311 e. The summed E-state index contributed by atoms with van der Waals surface area (Å²) in [7, 11) is 2.05. The number of thiophene rings is 1. The normalized spacial score (nSPS) is 33.9. The number of rotatable bonds is 3. The van der Waals surface area contributed by atoms with Crippen LogP contribution in [-0.4, -0.2) is 55.6 Å². The lowest BCUT2D eigenvalue weighted by molar-refractivity contribution is -0.00202. The zero-order chi connectivity index (χ0) is 11.8. The molecule has 94 valence electrons. The first-order valence-corrected chi connectivity index (χ1v) is 7.36. The minimum absolute atomic E-state index is 0.413. The monoisotopic (exact) mass is 271 g/mol. The van der Waals surface area contributed by atoms with Crippen molar-refractivity contribution in [2.75, 3.05) is 39.8 Å². The van der Waals surface area contributed by atoms with Gasteiger partial charge >= 0.3 is 0 Å². The van der Waals surface area contributed by atoms with Crippen molar-refractivity contribution in [3.8, 4) is 0 Å². The van der Waals surface area contributed by atoms with Crippen molar-refractivity contribution >= 4 is 22.9 Å². The molecule has 1 aromatic heterocycles. The van der Waals surface area contributed by atoms with E-state index in [-0.39, 0.29) is 0 Å². The van der Waals surface area contributed by atoms with Gasteiger partial charge in [-0.15, -0.1) is 11.3 Å². The van der Waals surface area contributed by atoms with Gasteiger partial charge in [0.05, 0.1) is 10.4 Å². The second kappa shape index (κ2) is 4.86. The van der Waals surface area contributed by atoms with Crippen molar-refractivity contribution in [1.29, 1.82) is 0 Å². The predicted octanol–water partition coefficient (Wildman–Crippen LogP) is 1.66. The summed E-state index contributed by atoms with van der Waals surface area (Å²) >= 11 is 7.75. The molecule has 2 unspecified atom stereocenters. The third-order valence-electron chi connectivity index (χ3n) is 3.92. The van der Waals surface area contributed by atoms with Crippen LogP contribution in [0.15, 0.2) is 12.1 Å². The van der Waals surface area contributed by atoms with Crippen LogP contribution < -0.4 is 5.32 Å². The molecule has 2 atom stereocenters. The Morgan fingerprint density at radius 1 is 1.35 bits per heavy atom. The van der Waals surface area contributed by atoms with E-state index in [0.29, 0.717) is 12.1 Å². The minimum atomic E-state index is 0.413. The minimum Gasteiger partial charge on any atom is -0.311 e. The van der Waals surface area contributed by atoms with Crippen LogP contribution in [0.1, 0.15) is 10.9 Å². The molecule has 3 fully saturated rings. The molecule has 0 saturated carbocycles. The molecule has 3 nitrogen and oxygen atoms in total. The second-order valence-corrected chi connectivity index (χ2v) is 6.56. The van der Waals surface area contributed by atoms with E-state index in [1.807, 2.05) is 6.07 Å². The molecule has 0 aromatic carbocycles. The van der Waals surface area contributed by atoms with E-state index >= 15 is 0 Å². The maximum absolute atomic E-state index is 6.05.